The quantitative estimate of drug-likeness (QED) is 0.514. The van der Waals surface area contributed by atoms with Gasteiger partial charge in [-0.3, -0.25) is 4.79 Å². The zero-order valence-corrected chi connectivity index (χ0v) is 18.0. The maximum Gasteiger partial charge on any atom is 0.416 e. The van der Waals surface area contributed by atoms with Gasteiger partial charge in [-0.25, -0.2) is 9.37 Å². The molecule has 1 aromatic carbocycles. The Morgan fingerprint density at radius 2 is 1.88 bits per heavy atom. The first-order valence-electron chi connectivity index (χ1n) is 10.7. The molecule has 172 valence electrons. The predicted octanol–water partition coefficient (Wildman–Crippen LogP) is 4.86. The number of amides is 1. The van der Waals surface area contributed by atoms with E-state index in [0.717, 1.165) is 12.5 Å². The van der Waals surface area contributed by atoms with E-state index in [4.69, 9.17) is 0 Å². The van der Waals surface area contributed by atoms with Gasteiger partial charge in [0.2, 0.25) is 0 Å². The molecule has 5 rings (SSSR count). The van der Waals surface area contributed by atoms with E-state index in [2.05, 4.69) is 15.2 Å². The lowest BCUT2D eigenvalue weighted by Gasteiger charge is -2.46. The molecule has 0 N–H and O–H groups in total. The normalized spacial score (nSPS) is 20.0. The van der Waals surface area contributed by atoms with Crippen LogP contribution in [-0.4, -0.2) is 36.6 Å². The first-order valence-corrected chi connectivity index (χ1v) is 10.7. The van der Waals surface area contributed by atoms with Crippen molar-refractivity contribution in [3.63, 3.8) is 0 Å². The number of pyridine rings is 1. The summed E-state index contributed by atoms with van der Waals surface area (Å²) in [5.74, 6) is 0.220. The molecule has 0 spiro atoms. The van der Waals surface area contributed by atoms with Gasteiger partial charge in [0.25, 0.3) is 5.91 Å². The number of fused-ring (bicyclic) bond motifs is 4. The third-order valence-electron chi connectivity index (χ3n) is 6.57. The van der Waals surface area contributed by atoms with Crippen LogP contribution >= 0.6 is 0 Å². The van der Waals surface area contributed by atoms with Crippen LogP contribution in [0.1, 0.15) is 58.3 Å². The average Bonchev–Trinajstić information content (AvgIpc) is 3.17. The molecule has 3 aromatic rings. The molecule has 2 unspecified atom stereocenters. The van der Waals surface area contributed by atoms with Crippen molar-refractivity contribution < 1.29 is 22.4 Å². The Hall–Kier alpha value is -3.30. The van der Waals surface area contributed by atoms with Crippen LogP contribution in [0.4, 0.5) is 17.6 Å². The number of benzene rings is 1. The molecule has 2 atom stereocenters. The van der Waals surface area contributed by atoms with Crippen molar-refractivity contribution in [3.05, 3.63) is 64.4 Å². The number of carbonyl (C=O) groups excluding carboxylic acids is 1. The SMILES string of the molecule is Cc1nc(-c2nnc3n2CC2CCCC3N2C(=O)c2cccc(C(F)(F)F)c2C)ccc1F. The number of piperidine rings is 1. The summed E-state index contributed by atoms with van der Waals surface area (Å²) in [5, 5.41) is 8.59. The summed E-state index contributed by atoms with van der Waals surface area (Å²) in [4.78, 5) is 19.5. The Morgan fingerprint density at radius 1 is 1.09 bits per heavy atom. The number of alkyl halides is 3. The van der Waals surface area contributed by atoms with Crippen LogP contribution in [0.2, 0.25) is 0 Å². The first-order chi connectivity index (χ1) is 15.7. The van der Waals surface area contributed by atoms with Crippen molar-refractivity contribution >= 4 is 5.91 Å². The predicted molar refractivity (Wildman–Crippen MR) is 111 cm³/mol. The van der Waals surface area contributed by atoms with Gasteiger partial charge in [0.1, 0.15) is 11.5 Å². The molecule has 4 heterocycles. The summed E-state index contributed by atoms with van der Waals surface area (Å²) in [6.07, 6.45) is -2.31. The molecule has 0 radical (unpaired) electrons. The summed E-state index contributed by atoms with van der Waals surface area (Å²) < 4.78 is 55.8. The third kappa shape index (κ3) is 3.48. The lowest BCUT2D eigenvalue weighted by atomic mass is 9.90. The van der Waals surface area contributed by atoms with E-state index in [1.807, 2.05) is 4.57 Å². The second-order valence-electron chi connectivity index (χ2n) is 8.54. The van der Waals surface area contributed by atoms with Crippen molar-refractivity contribution in [1.82, 2.24) is 24.6 Å². The Labute approximate surface area is 187 Å². The molecule has 1 fully saturated rings. The van der Waals surface area contributed by atoms with E-state index in [1.54, 1.807) is 17.9 Å². The molecule has 1 saturated heterocycles. The van der Waals surface area contributed by atoms with Crippen LogP contribution in [0.15, 0.2) is 30.3 Å². The van der Waals surface area contributed by atoms with Gasteiger partial charge in [-0.15, -0.1) is 10.2 Å². The molecular formula is C23H21F4N5O. The van der Waals surface area contributed by atoms with E-state index in [-0.39, 0.29) is 22.9 Å². The highest BCUT2D eigenvalue weighted by molar-refractivity contribution is 5.96. The molecule has 10 heteroatoms. The minimum atomic E-state index is -4.53. The minimum absolute atomic E-state index is 0.0470. The van der Waals surface area contributed by atoms with Gasteiger partial charge >= 0.3 is 6.18 Å². The maximum absolute atomic E-state index is 13.7. The molecular weight excluding hydrogens is 438 g/mol. The number of nitrogens with zero attached hydrogens (tertiary/aromatic N) is 5. The number of hydrogen-bond donors (Lipinski definition) is 0. The fraction of sp³-hybridized carbons (Fsp3) is 0.391. The van der Waals surface area contributed by atoms with E-state index >= 15 is 0 Å². The van der Waals surface area contributed by atoms with Crippen molar-refractivity contribution in [2.75, 3.05) is 0 Å². The number of aromatic nitrogens is 4. The minimum Gasteiger partial charge on any atom is -0.324 e. The Bertz CT molecular complexity index is 1250. The maximum atomic E-state index is 13.7. The van der Waals surface area contributed by atoms with Gasteiger partial charge in [-0.05, 0) is 62.9 Å². The van der Waals surface area contributed by atoms with Gasteiger partial charge in [-0.1, -0.05) is 6.07 Å². The molecule has 6 nitrogen and oxygen atoms in total. The Morgan fingerprint density at radius 3 is 2.61 bits per heavy atom. The molecule has 1 amide bonds. The van der Waals surface area contributed by atoms with E-state index in [9.17, 15) is 22.4 Å². The van der Waals surface area contributed by atoms with Crippen molar-refractivity contribution in [2.24, 2.45) is 0 Å². The van der Waals surface area contributed by atoms with E-state index in [1.165, 1.54) is 25.1 Å². The van der Waals surface area contributed by atoms with Crippen LogP contribution in [-0.2, 0) is 12.7 Å². The third-order valence-corrected chi connectivity index (χ3v) is 6.57. The van der Waals surface area contributed by atoms with Gasteiger partial charge in [0.05, 0.1) is 23.3 Å². The number of hydrogen-bond acceptors (Lipinski definition) is 4. The van der Waals surface area contributed by atoms with Gasteiger partial charge in [-0.2, -0.15) is 13.2 Å². The molecule has 2 aromatic heterocycles. The summed E-state index contributed by atoms with van der Waals surface area (Å²) in [6, 6.07) is 5.96. The largest absolute Gasteiger partial charge is 0.416 e. The Balaban J connectivity index is 1.54. The zero-order chi connectivity index (χ0) is 23.5. The highest BCUT2D eigenvalue weighted by Crippen LogP contribution is 2.42. The van der Waals surface area contributed by atoms with Gasteiger partial charge in [0, 0.05) is 12.1 Å². The van der Waals surface area contributed by atoms with E-state index < -0.39 is 29.5 Å². The molecule has 2 bridgehead atoms. The highest BCUT2D eigenvalue weighted by Gasteiger charge is 2.44. The second-order valence-corrected chi connectivity index (χ2v) is 8.54. The van der Waals surface area contributed by atoms with Crippen molar-refractivity contribution in [2.45, 2.75) is 57.9 Å². The molecule has 2 aliphatic heterocycles. The lowest BCUT2D eigenvalue weighted by molar-refractivity contribution is -0.138. The van der Waals surface area contributed by atoms with Crippen molar-refractivity contribution in [1.29, 1.82) is 0 Å². The monoisotopic (exact) mass is 459 g/mol. The summed E-state index contributed by atoms with van der Waals surface area (Å²) in [5.41, 5.74) is -0.104. The van der Waals surface area contributed by atoms with Crippen LogP contribution in [0.25, 0.3) is 11.5 Å². The second kappa shape index (κ2) is 7.64. The van der Waals surface area contributed by atoms with Crippen LogP contribution < -0.4 is 0 Å². The fourth-order valence-electron chi connectivity index (χ4n) is 4.94. The molecule has 33 heavy (non-hydrogen) atoms. The number of aryl methyl sites for hydroxylation is 1. The summed E-state index contributed by atoms with van der Waals surface area (Å²) in [6.45, 7) is 3.30. The number of halogens is 4. The highest BCUT2D eigenvalue weighted by atomic mass is 19.4. The summed E-state index contributed by atoms with van der Waals surface area (Å²) in [7, 11) is 0. The topological polar surface area (TPSA) is 63.9 Å². The molecule has 0 aliphatic carbocycles. The molecule has 0 saturated carbocycles. The number of carbonyl (C=O) groups is 1. The molecule has 2 aliphatic rings. The van der Waals surface area contributed by atoms with Crippen LogP contribution in [0.3, 0.4) is 0 Å². The Kier molecular flexibility index (Phi) is 4.98. The van der Waals surface area contributed by atoms with E-state index in [0.29, 0.717) is 36.7 Å². The first kappa shape index (κ1) is 21.5. The average molecular weight is 459 g/mol. The fourth-order valence-corrected chi connectivity index (χ4v) is 4.94. The zero-order valence-electron chi connectivity index (χ0n) is 18.0. The standard InChI is InChI=1S/C23H21F4N5O/c1-12-15(6-4-7-16(12)23(25,26)27)22(33)32-14-5-3-8-19(32)21-30-29-20(31(21)11-14)18-10-9-17(24)13(2)28-18/h4,6-7,9-10,14,19H,3,5,8,11H2,1-2H3. The van der Waals surface area contributed by atoms with Gasteiger partial charge in [0.15, 0.2) is 11.6 Å². The smallest absolute Gasteiger partial charge is 0.324 e. The lowest BCUT2D eigenvalue weighted by Crippen LogP contribution is -2.52. The van der Waals surface area contributed by atoms with Crippen LogP contribution in [0.5, 0.6) is 0 Å². The van der Waals surface area contributed by atoms with Crippen molar-refractivity contribution in [3.8, 4) is 11.5 Å². The van der Waals surface area contributed by atoms with Crippen LogP contribution in [0, 0.1) is 19.7 Å². The number of rotatable bonds is 2. The summed E-state index contributed by atoms with van der Waals surface area (Å²) >= 11 is 0. The van der Waals surface area contributed by atoms with Gasteiger partial charge < -0.3 is 9.47 Å².